The summed E-state index contributed by atoms with van der Waals surface area (Å²) >= 11 is 3.49. The van der Waals surface area contributed by atoms with Gasteiger partial charge in [0.15, 0.2) is 0 Å². The predicted octanol–water partition coefficient (Wildman–Crippen LogP) is 2.96. The number of ether oxygens (including phenoxy) is 3. The molecular weight excluding hydrogens is 421 g/mol. The highest BCUT2D eigenvalue weighted by Crippen LogP contribution is 2.38. The molecule has 1 aromatic carbocycles. The van der Waals surface area contributed by atoms with Gasteiger partial charge in [-0.25, -0.2) is 9.07 Å². The van der Waals surface area contributed by atoms with Gasteiger partial charge in [0.05, 0.1) is 18.3 Å². The standard InChI is InChI=1S/C18H21BrFN3O4/c1-10-15(9-26-11(2)24)27-18(19)17(25-3)16(10)23-8-14(21-22-23)12-5-4-6-13(20)7-12/h4-8,10,15-18H,9H2,1-3H3. The van der Waals surface area contributed by atoms with Gasteiger partial charge in [-0.05, 0) is 12.1 Å². The lowest BCUT2D eigenvalue weighted by Gasteiger charge is -2.43. The minimum absolute atomic E-state index is 0.0786. The van der Waals surface area contributed by atoms with Crippen LogP contribution in [0.1, 0.15) is 19.9 Å². The van der Waals surface area contributed by atoms with E-state index in [9.17, 15) is 9.18 Å². The Morgan fingerprint density at radius 2 is 2.22 bits per heavy atom. The van der Waals surface area contributed by atoms with Gasteiger partial charge in [-0.2, -0.15) is 0 Å². The van der Waals surface area contributed by atoms with E-state index >= 15 is 0 Å². The highest BCUT2D eigenvalue weighted by Gasteiger charge is 2.45. The van der Waals surface area contributed by atoms with Crippen LogP contribution in [0.2, 0.25) is 0 Å². The molecular formula is C18H21BrFN3O4. The predicted molar refractivity (Wildman–Crippen MR) is 98.6 cm³/mol. The Bertz CT molecular complexity index is 802. The van der Waals surface area contributed by atoms with Crippen LogP contribution in [0.5, 0.6) is 0 Å². The molecule has 1 fully saturated rings. The van der Waals surface area contributed by atoms with Crippen molar-refractivity contribution in [3.8, 4) is 11.3 Å². The molecule has 1 aliphatic heterocycles. The van der Waals surface area contributed by atoms with Crippen molar-refractivity contribution in [2.45, 2.75) is 37.1 Å². The third-order valence-corrected chi connectivity index (χ3v) is 5.42. The molecule has 0 aliphatic carbocycles. The lowest BCUT2D eigenvalue weighted by molar-refractivity contribution is -0.170. The van der Waals surface area contributed by atoms with Crippen LogP contribution in [-0.2, 0) is 19.0 Å². The van der Waals surface area contributed by atoms with Gasteiger partial charge in [0.1, 0.15) is 29.2 Å². The van der Waals surface area contributed by atoms with Gasteiger partial charge in [0, 0.05) is 25.5 Å². The quantitative estimate of drug-likeness (QED) is 0.524. The summed E-state index contributed by atoms with van der Waals surface area (Å²) in [7, 11) is 1.60. The van der Waals surface area contributed by atoms with E-state index in [0.717, 1.165) is 0 Å². The maximum atomic E-state index is 13.5. The molecule has 0 N–H and O–H groups in total. The molecule has 146 valence electrons. The maximum absolute atomic E-state index is 13.5. The first-order chi connectivity index (χ1) is 12.9. The van der Waals surface area contributed by atoms with E-state index in [4.69, 9.17) is 14.2 Å². The number of hydrogen-bond donors (Lipinski definition) is 0. The Kier molecular flexibility index (Phi) is 6.23. The van der Waals surface area contributed by atoms with E-state index in [1.807, 2.05) is 6.92 Å². The van der Waals surface area contributed by atoms with E-state index in [2.05, 4.69) is 26.2 Å². The Hall–Kier alpha value is -1.84. The average molecular weight is 442 g/mol. The van der Waals surface area contributed by atoms with E-state index in [0.29, 0.717) is 11.3 Å². The summed E-state index contributed by atoms with van der Waals surface area (Å²) < 4.78 is 31.9. The van der Waals surface area contributed by atoms with Crippen molar-refractivity contribution in [3.63, 3.8) is 0 Å². The third-order valence-electron chi connectivity index (χ3n) is 4.68. The van der Waals surface area contributed by atoms with Crippen molar-refractivity contribution in [3.05, 3.63) is 36.3 Å². The second-order valence-corrected chi connectivity index (χ2v) is 7.37. The number of esters is 1. The van der Waals surface area contributed by atoms with Crippen LogP contribution in [0.4, 0.5) is 4.39 Å². The van der Waals surface area contributed by atoms with Gasteiger partial charge in [-0.1, -0.05) is 40.2 Å². The molecule has 5 unspecified atom stereocenters. The molecule has 0 bridgehead atoms. The second-order valence-electron chi connectivity index (χ2n) is 6.47. The number of nitrogens with zero attached hydrogens (tertiary/aromatic N) is 3. The van der Waals surface area contributed by atoms with Crippen molar-refractivity contribution in [2.75, 3.05) is 13.7 Å². The summed E-state index contributed by atoms with van der Waals surface area (Å²) in [4.78, 5) is 11.2. The van der Waals surface area contributed by atoms with Crippen LogP contribution in [0.25, 0.3) is 11.3 Å². The van der Waals surface area contributed by atoms with Crippen molar-refractivity contribution in [1.29, 1.82) is 0 Å². The molecule has 0 amide bonds. The number of benzene rings is 1. The number of halogens is 2. The van der Waals surface area contributed by atoms with Crippen molar-refractivity contribution in [1.82, 2.24) is 15.0 Å². The van der Waals surface area contributed by atoms with Crippen LogP contribution in [0.3, 0.4) is 0 Å². The molecule has 3 rings (SSSR count). The summed E-state index contributed by atoms with van der Waals surface area (Å²) in [6, 6.07) is 5.97. The molecule has 27 heavy (non-hydrogen) atoms. The van der Waals surface area contributed by atoms with Crippen LogP contribution in [0, 0.1) is 11.7 Å². The molecule has 2 heterocycles. The Morgan fingerprint density at radius 1 is 1.44 bits per heavy atom. The largest absolute Gasteiger partial charge is 0.463 e. The van der Waals surface area contributed by atoms with Gasteiger partial charge in [0.2, 0.25) is 0 Å². The molecule has 1 aromatic heterocycles. The minimum atomic E-state index is -0.411. The summed E-state index contributed by atoms with van der Waals surface area (Å²) in [5.41, 5.74) is 1.20. The van der Waals surface area contributed by atoms with Crippen molar-refractivity contribution in [2.24, 2.45) is 5.92 Å². The van der Waals surface area contributed by atoms with Gasteiger partial charge in [0.25, 0.3) is 0 Å². The summed E-state index contributed by atoms with van der Waals surface area (Å²) in [5.74, 6) is -0.778. The topological polar surface area (TPSA) is 75.5 Å². The average Bonchev–Trinajstić information content (AvgIpc) is 3.11. The first kappa shape index (κ1) is 19.9. The number of alkyl halides is 1. The van der Waals surface area contributed by atoms with Crippen molar-refractivity contribution < 1.29 is 23.4 Å². The third kappa shape index (κ3) is 4.36. The van der Waals surface area contributed by atoms with Crippen molar-refractivity contribution >= 4 is 21.9 Å². The first-order valence-electron chi connectivity index (χ1n) is 8.54. The minimum Gasteiger partial charge on any atom is -0.463 e. The molecule has 0 spiro atoms. The summed E-state index contributed by atoms with van der Waals surface area (Å²) in [6.07, 6.45) is 1.09. The number of aromatic nitrogens is 3. The van der Waals surface area contributed by atoms with E-state index in [-0.39, 0.29) is 42.6 Å². The molecule has 2 aromatic rings. The number of rotatable bonds is 5. The maximum Gasteiger partial charge on any atom is 0.302 e. The highest BCUT2D eigenvalue weighted by molar-refractivity contribution is 9.09. The van der Waals surface area contributed by atoms with Gasteiger partial charge in [-0.15, -0.1) is 5.10 Å². The van der Waals surface area contributed by atoms with E-state index in [1.165, 1.54) is 19.1 Å². The van der Waals surface area contributed by atoms with Crippen LogP contribution in [-0.4, -0.2) is 51.9 Å². The van der Waals surface area contributed by atoms with Gasteiger partial charge in [-0.3, -0.25) is 4.79 Å². The zero-order valence-electron chi connectivity index (χ0n) is 15.2. The fourth-order valence-electron chi connectivity index (χ4n) is 3.27. The zero-order valence-corrected chi connectivity index (χ0v) is 16.8. The lowest BCUT2D eigenvalue weighted by Crippen LogP contribution is -2.51. The van der Waals surface area contributed by atoms with E-state index < -0.39 is 5.01 Å². The fraction of sp³-hybridized carbons (Fsp3) is 0.500. The molecule has 7 nitrogen and oxygen atoms in total. The normalized spacial score (nSPS) is 28.1. The molecule has 0 radical (unpaired) electrons. The molecule has 0 saturated carbocycles. The van der Waals surface area contributed by atoms with E-state index in [1.54, 1.807) is 30.1 Å². The number of methoxy groups -OCH3 is 1. The first-order valence-corrected chi connectivity index (χ1v) is 9.45. The fourth-order valence-corrected chi connectivity index (χ4v) is 4.08. The molecule has 1 saturated heterocycles. The number of hydrogen-bond acceptors (Lipinski definition) is 6. The zero-order chi connectivity index (χ0) is 19.6. The lowest BCUT2D eigenvalue weighted by atomic mass is 9.89. The summed E-state index contributed by atoms with van der Waals surface area (Å²) in [5, 5.41) is 8.01. The summed E-state index contributed by atoms with van der Waals surface area (Å²) in [6.45, 7) is 3.47. The highest BCUT2D eigenvalue weighted by atomic mass is 79.9. The Balaban J connectivity index is 1.88. The van der Waals surface area contributed by atoms with Crippen LogP contribution in [0.15, 0.2) is 30.5 Å². The smallest absolute Gasteiger partial charge is 0.302 e. The molecule has 9 heteroatoms. The number of carbonyl (C=O) groups is 1. The van der Waals surface area contributed by atoms with Gasteiger partial charge < -0.3 is 14.2 Å². The monoisotopic (exact) mass is 441 g/mol. The number of carbonyl (C=O) groups excluding carboxylic acids is 1. The Morgan fingerprint density at radius 3 is 2.89 bits per heavy atom. The Labute approximate surface area is 164 Å². The SMILES string of the molecule is COC1C(Br)OC(COC(C)=O)C(C)C1n1cc(-c2cccc(F)c2)nn1. The molecule has 1 aliphatic rings. The van der Waals surface area contributed by atoms with Gasteiger partial charge >= 0.3 is 5.97 Å². The van der Waals surface area contributed by atoms with Crippen LogP contribution >= 0.6 is 15.9 Å². The van der Waals surface area contributed by atoms with Crippen LogP contribution < -0.4 is 0 Å². The molecule has 5 atom stereocenters. The second kappa shape index (κ2) is 8.45.